The molecular formula is C14H11ClF2N2O2. The smallest absolute Gasteiger partial charge is 0.359 e. The van der Waals surface area contributed by atoms with E-state index < -0.39 is 29.0 Å². The molecule has 4 nitrogen and oxygen atoms in total. The minimum Gasteiger partial charge on any atom is -0.464 e. The lowest BCUT2D eigenvalue weighted by Crippen LogP contribution is -2.13. The largest absolute Gasteiger partial charge is 0.464 e. The highest BCUT2D eigenvalue weighted by Gasteiger charge is 2.24. The summed E-state index contributed by atoms with van der Waals surface area (Å²) in [5, 5.41) is 0.211. The Balaban J connectivity index is 2.74. The molecule has 2 aromatic rings. The van der Waals surface area contributed by atoms with E-state index in [4.69, 9.17) is 17.3 Å². The number of carbonyl (C=O) groups excluding carboxylic acids is 1. The van der Waals surface area contributed by atoms with Crippen molar-refractivity contribution in [2.45, 2.75) is 6.92 Å². The van der Waals surface area contributed by atoms with Crippen LogP contribution in [0.5, 0.6) is 0 Å². The third kappa shape index (κ3) is 2.67. The Bertz CT molecular complexity index is 735. The zero-order valence-electron chi connectivity index (χ0n) is 11.2. The summed E-state index contributed by atoms with van der Waals surface area (Å²) < 4.78 is 32.3. The molecule has 0 saturated heterocycles. The van der Waals surface area contributed by atoms with Gasteiger partial charge >= 0.3 is 5.97 Å². The number of nitrogen functional groups attached to an aromatic ring is 1. The van der Waals surface area contributed by atoms with E-state index in [-0.39, 0.29) is 16.3 Å². The number of carbonyl (C=O) groups is 1. The third-order valence-corrected chi connectivity index (χ3v) is 3.18. The van der Waals surface area contributed by atoms with E-state index in [0.717, 1.165) is 12.7 Å². The number of methoxy groups -OCH3 is 1. The molecule has 1 heterocycles. The fraction of sp³-hybridized carbons (Fsp3) is 0.143. The molecule has 0 unspecified atom stereocenters. The van der Waals surface area contributed by atoms with E-state index >= 15 is 0 Å². The van der Waals surface area contributed by atoms with Crippen molar-refractivity contribution in [3.05, 3.63) is 46.1 Å². The molecule has 0 aliphatic rings. The second kappa shape index (κ2) is 5.65. The van der Waals surface area contributed by atoms with E-state index in [2.05, 4.69) is 9.72 Å². The van der Waals surface area contributed by atoms with Gasteiger partial charge in [-0.3, -0.25) is 0 Å². The summed E-state index contributed by atoms with van der Waals surface area (Å²) in [5.74, 6) is -3.39. The monoisotopic (exact) mass is 312 g/mol. The molecule has 0 aliphatic heterocycles. The first kappa shape index (κ1) is 15.2. The first-order chi connectivity index (χ1) is 9.86. The predicted molar refractivity (Wildman–Crippen MR) is 75.1 cm³/mol. The predicted octanol–water partition coefficient (Wildman–Crippen LogP) is 3.36. The molecular weight excluding hydrogens is 302 g/mol. The van der Waals surface area contributed by atoms with Gasteiger partial charge in [-0.25, -0.2) is 18.6 Å². The number of hydrogen-bond donors (Lipinski definition) is 1. The van der Waals surface area contributed by atoms with Crippen LogP contribution in [0.3, 0.4) is 0 Å². The van der Waals surface area contributed by atoms with Gasteiger partial charge in [-0.1, -0.05) is 23.7 Å². The number of nitrogens with zero attached hydrogens (tertiary/aromatic N) is 1. The summed E-state index contributed by atoms with van der Waals surface area (Å²) in [7, 11) is 1.06. The van der Waals surface area contributed by atoms with Crippen molar-refractivity contribution >= 4 is 23.3 Å². The molecule has 1 aromatic carbocycles. The molecule has 0 atom stereocenters. The molecule has 1 aromatic heterocycles. The Labute approximate surface area is 124 Å². The minimum atomic E-state index is -1.26. The number of esters is 1. The maximum atomic E-state index is 14.1. The lowest BCUT2D eigenvalue weighted by Gasteiger charge is -2.11. The average Bonchev–Trinajstić information content (AvgIpc) is 2.45. The van der Waals surface area contributed by atoms with E-state index in [1.807, 2.05) is 0 Å². The van der Waals surface area contributed by atoms with Crippen LogP contribution in [-0.2, 0) is 4.74 Å². The van der Waals surface area contributed by atoms with Gasteiger partial charge in [-0.2, -0.15) is 0 Å². The summed E-state index contributed by atoms with van der Waals surface area (Å²) >= 11 is 6.04. The standard InChI is InChI=1S/C14H11ClF2N2O2/c1-6-3-4-7(8(15)5-6)12-9(16)11(18)10(17)13(19-12)14(20)21-2/h3-5H,1-2H3,(H2,18,19). The lowest BCUT2D eigenvalue weighted by molar-refractivity contribution is 0.0588. The van der Waals surface area contributed by atoms with Crippen LogP contribution in [0.4, 0.5) is 14.5 Å². The number of halogens is 3. The number of rotatable bonds is 2. The lowest BCUT2D eigenvalue weighted by atomic mass is 10.1. The second-order valence-corrected chi connectivity index (χ2v) is 4.73. The van der Waals surface area contributed by atoms with E-state index in [1.165, 1.54) is 6.07 Å². The van der Waals surface area contributed by atoms with Crippen molar-refractivity contribution in [3.8, 4) is 11.3 Å². The van der Waals surface area contributed by atoms with Crippen LogP contribution in [0.2, 0.25) is 5.02 Å². The highest BCUT2D eigenvalue weighted by molar-refractivity contribution is 6.33. The van der Waals surface area contributed by atoms with Gasteiger partial charge in [0.05, 0.1) is 12.1 Å². The zero-order valence-corrected chi connectivity index (χ0v) is 12.0. The Kier molecular flexibility index (Phi) is 4.09. The number of hydrogen-bond acceptors (Lipinski definition) is 4. The summed E-state index contributed by atoms with van der Waals surface area (Å²) in [6.07, 6.45) is 0. The van der Waals surface area contributed by atoms with Crippen molar-refractivity contribution in [1.29, 1.82) is 0 Å². The fourth-order valence-corrected chi connectivity index (χ4v) is 2.11. The van der Waals surface area contributed by atoms with Gasteiger partial charge in [0.2, 0.25) is 0 Å². The van der Waals surface area contributed by atoms with Gasteiger partial charge in [0.25, 0.3) is 0 Å². The fourth-order valence-electron chi connectivity index (χ4n) is 1.78. The SMILES string of the molecule is COC(=O)c1nc(-c2ccc(C)cc2Cl)c(F)c(N)c1F. The van der Waals surface area contributed by atoms with Crippen molar-refractivity contribution in [3.63, 3.8) is 0 Å². The molecule has 0 fully saturated rings. The second-order valence-electron chi connectivity index (χ2n) is 4.33. The molecule has 0 spiro atoms. The first-order valence-electron chi connectivity index (χ1n) is 5.86. The van der Waals surface area contributed by atoms with E-state index in [1.54, 1.807) is 19.1 Å². The van der Waals surface area contributed by atoms with Gasteiger partial charge in [0.15, 0.2) is 17.3 Å². The van der Waals surface area contributed by atoms with E-state index in [0.29, 0.717) is 0 Å². The van der Waals surface area contributed by atoms with Crippen LogP contribution < -0.4 is 5.73 Å². The summed E-state index contributed by atoms with van der Waals surface area (Å²) in [5.41, 5.74) is 4.61. The van der Waals surface area contributed by atoms with Crippen LogP contribution in [0.15, 0.2) is 18.2 Å². The number of pyridine rings is 1. The minimum absolute atomic E-state index is 0.205. The van der Waals surface area contributed by atoms with Crippen molar-refractivity contribution < 1.29 is 18.3 Å². The first-order valence-corrected chi connectivity index (χ1v) is 6.24. The number of anilines is 1. The van der Waals surface area contributed by atoms with Crippen LogP contribution in [0.25, 0.3) is 11.3 Å². The zero-order chi connectivity index (χ0) is 15.7. The molecule has 7 heteroatoms. The topological polar surface area (TPSA) is 65.2 Å². The van der Waals surface area contributed by atoms with Gasteiger partial charge in [-0.05, 0) is 18.6 Å². The van der Waals surface area contributed by atoms with Crippen LogP contribution >= 0.6 is 11.6 Å². The van der Waals surface area contributed by atoms with Gasteiger partial charge in [-0.15, -0.1) is 0 Å². The third-order valence-electron chi connectivity index (χ3n) is 2.87. The highest BCUT2D eigenvalue weighted by Crippen LogP contribution is 2.33. The maximum Gasteiger partial charge on any atom is 0.359 e. The Morgan fingerprint density at radius 2 is 2.00 bits per heavy atom. The molecule has 0 bridgehead atoms. The normalized spacial score (nSPS) is 10.5. The summed E-state index contributed by atoms with van der Waals surface area (Å²) in [4.78, 5) is 15.2. The van der Waals surface area contributed by atoms with Gasteiger partial charge in [0, 0.05) is 5.56 Å². The van der Waals surface area contributed by atoms with Crippen molar-refractivity contribution in [1.82, 2.24) is 4.98 Å². The average molecular weight is 313 g/mol. The number of benzene rings is 1. The molecule has 0 amide bonds. The molecule has 2 N–H and O–H groups in total. The highest BCUT2D eigenvalue weighted by atomic mass is 35.5. The molecule has 0 aliphatic carbocycles. The number of aromatic nitrogens is 1. The molecule has 110 valence electrons. The van der Waals surface area contributed by atoms with Gasteiger partial charge in [0.1, 0.15) is 11.4 Å². The number of ether oxygens (including phenoxy) is 1. The maximum absolute atomic E-state index is 14.1. The number of nitrogens with two attached hydrogens (primary N) is 1. The Hall–Kier alpha value is -2.21. The van der Waals surface area contributed by atoms with Crippen molar-refractivity contribution in [2.75, 3.05) is 12.8 Å². The Morgan fingerprint density at radius 1 is 1.33 bits per heavy atom. The summed E-state index contributed by atoms with van der Waals surface area (Å²) in [6, 6.07) is 4.79. The van der Waals surface area contributed by atoms with Crippen LogP contribution in [-0.4, -0.2) is 18.1 Å². The van der Waals surface area contributed by atoms with Crippen LogP contribution in [0.1, 0.15) is 16.1 Å². The van der Waals surface area contributed by atoms with Crippen molar-refractivity contribution in [2.24, 2.45) is 0 Å². The summed E-state index contributed by atoms with van der Waals surface area (Å²) in [6.45, 7) is 1.80. The quantitative estimate of drug-likeness (QED) is 0.864. The molecule has 21 heavy (non-hydrogen) atoms. The van der Waals surface area contributed by atoms with Gasteiger partial charge < -0.3 is 10.5 Å². The van der Waals surface area contributed by atoms with Crippen LogP contribution in [0, 0.1) is 18.6 Å². The van der Waals surface area contributed by atoms with E-state index in [9.17, 15) is 13.6 Å². The molecule has 0 radical (unpaired) electrons. The molecule has 2 rings (SSSR count). The Morgan fingerprint density at radius 3 is 2.57 bits per heavy atom. The number of aryl methyl sites for hydroxylation is 1. The molecule has 0 saturated carbocycles.